The fraction of sp³-hybridized carbons (Fsp3) is 0.125. The number of nitrogens with zero attached hydrogens (tertiary/aromatic N) is 4. The zero-order chi connectivity index (χ0) is 17.3. The Kier molecular flexibility index (Phi) is 3.87. The van der Waals surface area contributed by atoms with Crippen LogP contribution in [0.2, 0.25) is 0 Å². The number of nitrogen functional groups attached to an aromatic ring is 1. The van der Waals surface area contributed by atoms with Gasteiger partial charge in [0, 0.05) is 11.4 Å². The molecule has 8 heteroatoms. The molecule has 4 N–H and O–H groups in total. The van der Waals surface area contributed by atoms with Crippen LogP contribution in [0.25, 0.3) is 5.82 Å². The largest absolute Gasteiger partial charge is 0.478 e. The number of aromatic nitrogens is 4. The third-order valence-corrected chi connectivity index (χ3v) is 3.47. The Balaban J connectivity index is 1.93. The topological polar surface area (TPSA) is 119 Å². The van der Waals surface area contributed by atoms with Gasteiger partial charge in [0.25, 0.3) is 0 Å². The smallest absolute Gasteiger partial charge is 0.335 e. The van der Waals surface area contributed by atoms with Crippen molar-refractivity contribution >= 4 is 23.2 Å². The normalized spacial score (nSPS) is 10.6. The zero-order valence-electron chi connectivity index (χ0n) is 13.2. The first-order valence-corrected chi connectivity index (χ1v) is 7.20. The fourth-order valence-corrected chi connectivity index (χ4v) is 2.33. The molecule has 0 atom stereocenters. The van der Waals surface area contributed by atoms with E-state index in [9.17, 15) is 4.79 Å². The van der Waals surface area contributed by atoms with Crippen molar-refractivity contribution in [1.29, 1.82) is 0 Å². The van der Waals surface area contributed by atoms with Gasteiger partial charge in [-0.3, -0.25) is 0 Å². The van der Waals surface area contributed by atoms with E-state index >= 15 is 0 Å². The standard InChI is InChI=1S/C16H16N6O2/c1-9-7-10(2)22(21-9)15-13(17)14(18-8-19-15)20-12-5-3-11(4-6-12)16(23)24/h3-8H,17H2,1-2H3,(H,23,24)(H,18,19,20). The molecule has 0 unspecified atom stereocenters. The van der Waals surface area contributed by atoms with Gasteiger partial charge in [0.15, 0.2) is 11.6 Å². The number of hydrogen-bond acceptors (Lipinski definition) is 6. The zero-order valence-corrected chi connectivity index (χ0v) is 13.2. The van der Waals surface area contributed by atoms with Crippen molar-refractivity contribution in [2.45, 2.75) is 13.8 Å². The molecule has 0 fully saturated rings. The first-order valence-electron chi connectivity index (χ1n) is 7.20. The fourth-order valence-electron chi connectivity index (χ4n) is 2.33. The van der Waals surface area contributed by atoms with Crippen LogP contribution in [0.4, 0.5) is 17.2 Å². The average molecular weight is 324 g/mol. The second-order valence-corrected chi connectivity index (χ2v) is 5.31. The predicted molar refractivity (Wildman–Crippen MR) is 89.7 cm³/mol. The number of benzene rings is 1. The van der Waals surface area contributed by atoms with E-state index in [1.165, 1.54) is 18.5 Å². The summed E-state index contributed by atoms with van der Waals surface area (Å²) < 4.78 is 1.66. The monoisotopic (exact) mass is 324 g/mol. The molecule has 1 aromatic carbocycles. The summed E-state index contributed by atoms with van der Waals surface area (Å²) in [6.45, 7) is 3.81. The van der Waals surface area contributed by atoms with E-state index < -0.39 is 5.97 Å². The summed E-state index contributed by atoms with van der Waals surface area (Å²) in [5.74, 6) is -0.0641. The van der Waals surface area contributed by atoms with Gasteiger partial charge in [-0.2, -0.15) is 5.10 Å². The van der Waals surface area contributed by atoms with E-state index in [1.54, 1.807) is 16.8 Å². The van der Waals surface area contributed by atoms with Crippen LogP contribution in [-0.2, 0) is 0 Å². The summed E-state index contributed by atoms with van der Waals surface area (Å²) in [5, 5.41) is 16.4. The summed E-state index contributed by atoms with van der Waals surface area (Å²) in [4.78, 5) is 19.2. The molecule has 0 saturated carbocycles. The highest BCUT2D eigenvalue weighted by atomic mass is 16.4. The van der Waals surface area contributed by atoms with Crippen molar-refractivity contribution in [3.05, 3.63) is 53.6 Å². The van der Waals surface area contributed by atoms with Crippen LogP contribution in [-0.4, -0.2) is 30.8 Å². The van der Waals surface area contributed by atoms with Crippen LogP contribution in [0, 0.1) is 13.8 Å². The van der Waals surface area contributed by atoms with Crippen LogP contribution >= 0.6 is 0 Å². The third-order valence-electron chi connectivity index (χ3n) is 3.47. The first kappa shape index (κ1) is 15.5. The van der Waals surface area contributed by atoms with E-state index in [4.69, 9.17) is 10.8 Å². The predicted octanol–water partition coefficient (Wildman–Crippen LogP) is 2.30. The minimum Gasteiger partial charge on any atom is -0.478 e. The Morgan fingerprint density at radius 2 is 1.92 bits per heavy atom. The summed E-state index contributed by atoms with van der Waals surface area (Å²) >= 11 is 0. The molecule has 0 aliphatic rings. The van der Waals surface area contributed by atoms with Crippen LogP contribution in [0.5, 0.6) is 0 Å². The van der Waals surface area contributed by atoms with Gasteiger partial charge in [-0.05, 0) is 44.2 Å². The van der Waals surface area contributed by atoms with E-state index in [0.29, 0.717) is 23.0 Å². The molecule has 0 saturated heterocycles. The average Bonchev–Trinajstić information content (AvgIpc) is 2.88. The van der Waals surface area contributed by atoms with Crippen LogP contribution in [0.3, 0.4) is 0 Å². The molecule has 2 aromatic heterocycles. The Morgan fingerprint density at radius 1 is 1.21 bits per heavy atom. The number of hydrogen-bond donors (Lipinski definition) is 3. The summed E-state index contributed by atoms with van der Waals surface area (Å²) in [5.41, 5.74) is 9.19. The Morgan fingerprint density at radius 3 is 2.50 bits per heavy atom. The molecular weight excluding hydrogens is 308 g/mol. The van der Waals surface area contributed by atoms with Gasteiger partial charge in [0.1, 0.15) is 12.0 Å². The van der Waals surface area contributed by atoms with Gasteiger partial charge >= 0.3 is 5.97 Å². The molecule has 0 aliphatic carbocycles. The van der Waals surface area contributed by atoms with Crippen LogP contribution < -0.4 is 11.1 Å². The lowest BCUT2D eigenvalue weighted by molar-refractivity contribution is 0.0697. The lowest BCUT2D eigenvalue weighted by Crippen LogP contribution is -2.09. The number of rotatable bonds is 4. The number of aryl methyl sites for hydroxylation is 2. The summed E-state index contributed by atoms with van der Waals surface area (Å²) in [6, 6.07) is 8.23. The quantitative estimate of drug-likeness (QED) is 0.673. The number of carboxylic acids is 1. The maximum absolute atomic E-state index is 10.9. The Hall–Kier alpha value is -3.42. The van der Waals surface area contributed by atoms with Crippen molar-refractivity contribution < 1.29 is 9.90 Å². The number of anilines is 3. The third kappa shape index (κ3) is 2.89. The van der Waals surface area contributed by atoms with E-state index in [0.717, 1.165) is 11.4 Å². The van der Waals surface area contributed by atoms with Gasteiger partial charge in [-0.1, -0.05) is 0 Å². The highest BCUT2D eigenvalue weighted by Gasteiger charge is 2.13. The summed E-state index contributed by atoms with van der Waals surface area (Å²) in [6.07, 6.45) is 1.40. The second-order valence-electron chi connectivity index (χ2n) is 5.31. The van der Waals surface area contributed by atoms with Crippen molar-refractivity contribution in [3.63, 3.8) is 0 Å². The van der Waals surface area contributed by atoms with Gasteiger partial charge in [-0.25, -0.2) is 19.4 Å². The molecule has 0 bridgehead atoms. The van der Waals surface area contributed by atoms with E-state index in [-0.39, 0.29) is 5.56 Å². The Labute approximate surface area is 138 Å². The molecule has 24 heavy (non-hydrogen) atoms. The van der Waals surface area contributed by atoms with Crippen molar-refractivity contribution in [3.8, 4) is 5.82 Å². The maximum Gasteiger partial charge on any atom is 0.335 e. The van der Waals surface area contributed by atoms with Crippen molar-refractivity contribution in [2.24, 2.45) is 0 Å². The van der Waals surface area contributed by atoms with Crippen LogP contribution in [0.15, 0.2) is 36.7 Å². The number of nitrogens with two attached hydrogens (primary N) is 1. The lowest BCUT2D eigenvalue weighted by atomic mass is 10.2. The molecule has 0 aliphatic heterocycles. The molecule has 0 amide bonds. The van der Waals surface area contributed by atoms with Crippen LogP contribution in [0.1, 0.15) is 21.7 Å². The summed E-state index contributed by atoms with van der Waals surface area (Å²) in [7, 11) is 0. The highest BCUT2D eigenvalue weighted by Crippen LogP contribution is 2.25. The van der Waals surface area contributed by atoms with Gasteiger partial charge in [-0.15, -0.1) is 0 Å². The molecule has 0 radical (unpaired) electrons. The molecule has 3 aromatic rings. The second kappa shape index (κ2) is 5.99. The molecule has 0 spiro atoms. The van der Waals surface area contributed by atoms with Gasteiger partial charge in [0.05, 0.1) is 11.3 Å². The van der Waals surface area contributed by atoms with E-state index in [1.807, 2.05) is 19.9 Å². The molecule has 3 rings (SSSR count). The number of carbonyl (C=O) groups is 1. The minimum absolute atomic E-state index is 0.208. The minimum atomic E-state index is -0.977. The SMILES string of the molecule is Cc1cc(C)n(-c2ncnc(Nc3ccc(C(=O)O)cc3)c2N)n1. The number of nitrogens with one attached hydrogen (secondary N) is 1. The number of carboxylic acid groups (broad SMARTS) is 1. The molecule has 122 valence electrons. The molecule has 2 heterocycles. The first-order chi connectivity index (χ1) is 11.5. The molecule has 8 nitrogen and oxygen atoms in total. The van der Waals surface area contributed by atoms with Gasteiger partial charge in [0.2, 0.25) is 0 Å². The van der Waals surface area contributed by atoms with Gasteiger partial charge < -0.3 is 16.2 Å². The molecular formula is C16H16N6O2. The lowest BCUT2D eigenvalue weighted by Gasteiger charge is -2.12. The Bertz CT molecular complexity index is 901. The van der Waals surface area contributed by atoms with Crippen molar-refractivity contribution in [2.75, 3.05) is 11.1 Å². The number of aromatic carboxylic acids is 1. The van der Waals surface area contributed by atoms with Crippen molar-refractivity contribution in [1.82, 2.24) is 19.7 Å². The van der Waals surface area contributed by atoms with E-state index in [2.05, 4.69) is 20.4 Å². The maximum atomic E-state index is 10.9. The highest BCUT2D eigenvalue weighted by molar-refractivity contribution is 5.88.